The van der Waals surface area contributed by atoms with Crippen molar-refractivity contribution < 1.29 is 4.74 Å². The van der Waals surface area contributed by atoms with Crippen molar-refractivity contribution in [2.24, 2.45) is 7.05 Å². The fourth-order valence-electron chi connectivity index (χ4n) is 2.24. The minimum atomic E-state index is 0.748. The van der Waals surface area contributed by atoms with Crippen LogP contribution in [0.15, 0.2) is 18.6 Å². The summed E-state index contributed by atoms with van der Waals surface area (Å²) in [6, 6.07) is 0. The molecule has 0 radical (unpaired) electrons. The van der Waals surface area contributed by atoms with Gasteiger partial charge >= 0.3 is 0 Å². The van der Waals surface area contributed by atoms with Crippen LogP contribution >= 0.6 is 0 Å². The average molecular weight is 277 g/mol. The summed E-state index contributed by atoms with van der Waals surface area (Å²) in [6.07, 6.45) is 7.79. The number of ether oxygens (including phenoxy) is 1. The first-order valence-corrected chi connectivity index (χ1v) is 7.00. The Kier molecular flexibility index (Phi) is 5.17. The molecule has 2 rings (SSSR count). The number of nitrogens with one attached hydrogen (secondary N) is 1. The maximum Gasteiger partial charge on any atom is 0.203 e. The Balaban J connectivity index is 1.95. The van der Waals surface area contributed by atoms with E-state index in [1.165, 1.54) is 5.56 Å². The number of nitrogens with zero attached hydrogens (tertiary/aromatic N) is 4. The molecule has 0 spiro atoms. The SMILES string of the molecule is CCc1nn(C)cc1CNc1nccn1CCCOC. The van der Waals surface area contributed by atoms with E-state index in [2.05, 4.69) is 33.1 Å². The first kappa shape index (κ1) is 14.6. The maximum atomic E-state index is 5.08. The zero-order chi connectivity index (χ0) is 14.4. The molecule has 2 aromatic rings. The van der Waals surface area contributed by atoms with E-state index < -0.39 is 0 Å². The highest BCUT2D eigenvalue weighted by molar-refractivity contribution is 5.29. The smallest absolute Gasteiger partial charge is 0.203 e. The maximum absolute atomic E-state index is 5.08. The lowest BCUT2D eigenvalue weighted by Gasteiger charge is -2.09. The third kappa shape index (κ3) is 3.60. The van der Waals surface area contributed by atoms with Crippen LogP contribution in [-0.2, 0) is 31.3 Å². The molecule has 1 N–H and O–H groups in total. The molecule has 0 bridgehead atoms. The number of imidazole rings is 1. The Labute approximate surface area is 119 Å². The summed E-state index contributed by atoms with van der Waals surface area (Å²) < 4.78 is 9.05. The van der Waals surface area contributed by atoms with Crippen LogP contribution in [0.2, 0.25) is 0 Å². The van der Waals surface area contributed by atoms with Gasteiger partial charge in [-0.1, -0.05) is 6.92 Å². The lowest BCUT2D eigenvalue weighted by molar-refractivity contribution is 0.190. The second-order valence-electron chi connectivity index (χ2n) is 4.77. The first-order chi connectivity index (χ1) is 9.74. The number of anilines is 1. The largest absolute Gasteiger partial charge is 0.385 e. The van der Waals surface area contributed by atoms with Crippen LogP contribution in [0.1, 0.15) is 24.6 Å². The van der Waals surface area contributed by atoms with Gasteiger partial charge in [-0.15, -0.1) is 0 Å². The molecule has 0 aliphatic carbocycles. The molecule has 0 amide bonds. The molecule has 0 aromatic carbocycles. The molecule has 20 heavy (non-hydrogen) atoms. The summed E-state index contributed by atoms with van der Waals surface area (Å²) >= 11 is 0. The van der Waals surface area contributed by atoms with Crippen molar-refractivity contribution in [2.75, 3.05) is 19.0 Å². The zero-order valence-electron chi connectivity index (χ0n) is 12.5. The quantitative estimate of drug-likeness (QED) is 0.748. The van der Waals surface area contributed by atoms with Crippen LogP contribution in [0.3, 0.4) is 0 Å². The number of aromatic nitrogens is 4. The van der Waals surface area contributed by atoms with E-state index in [-0.39, 0.29) is 0 Å². The van der Waals surface area contributed by atoms with Crippen molar-refractivity contribution in [3.8, 4) is 0 Å². The highest BCUT2D eigenvalue weighted by Crippen LogP contribution is 2.11. The van der Waals surface area contributed by atoms with E-state index in [4.69, 9.17) is 4.74 Å². The molecule has 6 nitrogen and oxygen atoms in total. The lowest BCUT2D eigenvalue weighted by Crippen LogP contribution is -2.09. The van der Waals surface area contributed by atoms with Gasteiger partial charge in [0.2, 0.25) is 5.95 Å². The summed E-state index contributed by atoms with van der Waals surface area (Å²) in [4.78, 5) is 4.36. The van der Waals surface area contributed by atoms with Crippen LogP contribution in [0, 0.1) is 0 Å². The van der Waals surface area contributed by atoms with E-state index in [0.717, 1.165) is 44.2 Å². The predicted octanol–water partition coefficient (Wildman–Crippen LogP) is 1.83. The van der Waals surface area contributed by atoms with Crippen LogP contribution in [-0.4, -0.2) is 33.0 Å². The number of hydrogen-bond donors (Lipinski definition) is 1. The highest BCUT2D eigenvalue weighted by Gasteiger charge is 2.07. The van der Waals surface area contributed by atoms with Crippen LogP contribution in [0.5, 0.6) is 0 Å². The molecule has 2 aromatic heterocycles. The van der Waals surface area contributed by atoms with Gasteiger partial charge in [0, 0.05) is 58.0 Å². The number of aryl methyl sites for hydroxylation is 3. The minimum absolute atomic E-state index is 0.748. The molecule has 110 valence electrons. The molecule has 2 heterocycles. The van der Waals surface area contributed by atoms with Crippen molar-refractivity contribution >= 4 is 5.95 Å². The summed E-state index contributed by atoms with van der Waals surface area (Å²) in [5, 5.41) is 7.83. The van der Waals surface area contributed by atoms with Gasteiger partial charge < -0.3 is 14.6 Å². The van der Waals surface area contributed by atoms with Gasteiger partial charge in [-0.05, 0) is 12.8 Å². The second kappa shape index (κ2) is 7.09. The zero-order valence-corrected chi connectivity index (χ0v) is 12.5. The fraction of sp³-hybridized carbons (Fsp3) is 0.571. The van der Waals surface area contributed by atoms with Crippen molar-refractivity contribution in [3.05, 3.63) is 29.8 Å². The monoisotopic (exact) mass is 277 g/mol. The first-order valence-electron chi connectivity index (χ1n) is 7.00. The van der Waals surface area contributed by atoms with Gasteiger partial charge in [0.25, 0.3) is 0 Å². The number of rotatable bonds is 8. The average Bonchev–Trinajstić information content (AvgIpc) is 3.03. The van der Waals surface area contributed by atoms with E-state index >= 15 is 0 Å². The van der Waals surface area contributed by atoms with Gasteiger partial charge in [0.05, 0.1) is 5.69 Å². The van der Waals surface area contributed by atoms with Gasteiger partial charge in [0.15, 0.2) is 0 Å². The number of hydrogen-bond acceptors (Lipinski definition) is 4. The lowest BCUT2D eigenvalue weighted by atomic mass is 10.2. The number of methoxy groups -OCH3 is 1. The molecule has 0 saturated heterocycles. The van der Waals surface area contributed by atoms with Crippen molar-refractivity contribution in [1.82, 2.24) is 19.3 Å². The Bertz CT molecular complexity index is 531. The molecule has 0 aliphatic heterocycles. The third-order valence-corrected chi connectivity index (χ3v) is 3.23. The Hall–Kier alpha value is -1.82. The second-order valence-corrected chi connectivity index (χ2v) is 4.77. The van der Waals surface area contributed by atoms with Crippen LogP contribution < -0.4 is 5.32 Å². The summed E-state index contributed by atoms with van der Waals surface area (Å²) in [7, 11) is 3.68. The topological polar surface area (TPSA) is 56.9 Å². The predicted molar refractivity (Wildman–Crippen MR) is 78.6 cm³/mol. The Morgan fingerprint density at radius 1 is 1.40 bits per heavy atom. The molecular weight excluding hydrogens is 254 g/mol. The molecule has 0 saturated carbocycles. The van der Waals surface area contributed by atoms with E-state index in [9.17, 15) is 0 Å². The third-order valence-electron chi connectivity index (χ3n) is 3.23. The molecule has 6 heteroatoms. The van der Waals surface area contributed by atoms with E-state index in [1.54, 1.807) is 7.11 Å². The van der Waals surface area contributed by atoms with Crippen LogP contribution in [0.4, 0.5) is 5.95 Å². The molecule has 0 aliphatic rings. The van der Waals surface area contributed by atoms with Gasteiger partial charge in [0.1, 0.15) is 0 Å². The molecule has 0 unspecified atom stereocenters. The summed E-state index contributed by atoms with van der Waals surface area (Å²) in [5.74, 6) is 0.895. The minimum Gasteiger partial charge on any atom is -0.385 e. The summed E-state index contributed by atoms with van der Waals surface area (Å²) in [6.45, 7) is 4.54. The highest BCUT2D eigenvalue weighted by atomic mass is 16.5. The molecule has 0 atom stereocenters. The normalized spacial score (nSPS) is 10.9. The van der Waals surface area contributed by atoms with Gasteiger partial charge in [-0.2, -0.15) is 5.10 Å². The van der Waals surface area contributed by atoms with Crippen molar-refractivity contribution in [2.45, 2.75) is 32.9 Å². The van der Waals surface area contributed by atoms with Gasteiger partial charge in [-0.3, -0.25) is 4.68 Å². The molecule has 0 fully saturated rings. The Morgan fingerprint density at radius 2 is 2.25 bits per heavy atom. The Morgan fingerprint density at radius 3 is 3.00 bits per heavy atom. The summed E-state index contributed by atoms with van der Waals surface area (Å²) in [5.41, 5.74) is 2.36. The van der Waals surface area contributed by atoms with Crippen LogP contribution in [0.25, 0.3) is 0 Å². The standard InChI is InChI=1S/C14H23N5O/c1-4-13-12(11-18(2)17-13)10-16-14-15-6-8-19(14)7-5-9-20-3/h6,8,11H,4-5,7,9-10H2,1-3H3,(H,15,16). The van der Waals surface area contributed by atoms with E-state index in [1.807, 2.05) is 24.1 Å². The van der Waals surface area contributed by atoms with Gasteiger partial charge in [-0.25, -0.2) is 4.98 Å². The molecular formula is C14H23N5O. The van der Waals surface area contributed by atoms with E-state index in [0.29, 0.717) is 0 Å². The van der Waals surface area contributed by atoms with Crippen molar-refractivity contribution in [1.29, 1.82) is 0 Å². The fourth-order valence-corrected chi connectivity index (χ4v) is 2.24. The van der Waals surface area contributed by atoms with Crippen molar-refractivity contribution in [3.63, 3.8) is 0 Å².